The second kappa shape index (κ2) is 8.29. The van der Waals surface area contributed by atoms with E-state index in [1.807, 2.05) is 11.3 Å². The minimum Gasteiger partial charge on any atom is -0.356 e. The predicted octanol–water partition coefficient (Wildman–Crippen LogP) is 3.47. The molecular weight excluding hydrogens is 431 g/mol. The highest BCUT2D eigenvalue weighted by Crippen LogP contribution is 2.35. The molecule has 1 aromatic heterocycles. The molecule has 0 bridgehead atoms. The lowest BCUT2D eigenvalue weighted by Gasteiger charge is -2.21. The zero-order valence-corrected chi connectivity index (χ0v) is 16.8. The summed E-state index contributed by atoms with van der Waals surface area (Å²) in [6, 6.07) is 10.9. The van der Waals surface area contributed by atoms with E-state index < -0.39 is 0 Å². The molecule has 0 saturated heterocycles. The molecule has 4 nitrogen and oxygen atoms in total. The molecule has 24 heavy (non-hydrogen) atoms. The molecule has 2 aromatic rings. The molecule has 1 aliphatic heterocycles. The van der Waals surface area contributed by atoms with Crippen molar-refractivity contribution in [1.29, 1.82) is 0 Å². The minimum atomic E-state index is 0. The highest BCUT2D eigenvalue weighted by molar-refractivity contribution is 14.0. The van der Waals surface area contributed by atoms with E-state index in [0.717, 1.165) is 44.9 Å². The van der Waals surface area contributed by atoms with Gasteiger partial charge in [-0.05, 0) is 37.2 Å². The van der Waals surface area contributed by atoms with Crippen LogP contribution in [0.3, 0.4) is 0 Å². The number of aromatic nitrogens is 1. The van der Waals surface area contributed by atoms with Crippen LogP contribution >= 0.6 is 35.3 Å². The van der Waals surface area contributed by atoms with Gasteiger partial charge in [-0.25, -0.2) is 4.98 Å². The summed E-state index contributed by atoms with van der Waals surface area (Å²) in [7, 11) is 0. The first-order valence-corrected chi connectivity index (χ1v) is 9.25. The van der Waals surface area contributed by atoms with Gasteiger partial charge in [0, 0.05) is 18.0 Å². The van der Waals surface area contributed by atoms with Crippen molar-refractivity contribution in [2.24, 2.45) is 4.99 Å². The van der Waals surface area contributed by atoms with Crippen LogP contribution < -0.4 is 10.6 Å². The second-order valence-corrected chi connectivity index (χ2v) is 7.36. The van der Waals surface area contributed by atoms with E-state index in [1.165, 1.54) is 27.6 Å². The van der Waals surface area contributed by atoms with Gasteiger partial charge in [-0.1, -0.05) is 30.3 Å². The molecule has 2 aliphatic rings. The number of benzene rings is 1. The number of nitrogens with zero attached hydrogens (tertiary/aromatic N) is 2. The molecule has 1 aliphatic carbocycles. The summed E-state index contributed by atoms with van der Waals surface area (Å²) >= 11 is 1.87. The average Bonchev–Trinajstić information content (AvgIpc) is 3.04. The Hall–Kier alpha value is -1.15. The van der Waals surface area contributed by atoms with Crippen LogP contribution in [0, 0.1) is 0 Å². The van der Waals surface area contributed by atoms with Crippen molar-refractivity contribution in [1.82, 2.24) is 15.6 Å². The smallest absolute Gasteiger partial charge is 0.191 e. The van der Waals surface area contributed by atoms with E-state index in [2.05, 4.69) is 46.0 Å². The SMILES string of the molecule is I.c1ccc(C2CCc3nc(CNC4=NCCCN4)sc3C2)cc1. The molecule has 0 saturated carbocycles. The lowest BCUT2D eigenvalue weighted by molar-refractivity contribution is 0.583. The summed E-state index contributed by atoms with van der Waals surface area (Å²) in [5, 5.41) is 7.85. The molecule has 0 amide bonds. The van der Waals surface area contributed by atoms with Gasteiger partial charge in [-0.3, -0.25) is 4.99 Å². The molecule has 1 aromatic carbocycles. The number of hydrogen-bond acceptors (Lipinski definition) is 5. The van der Waals surface area contributed by atoms with Crippen molar-refractivity contribution in [2.45, 2.75) is 38.1 Å². The third kappa shape index (κ3) is 4.08. The Morgan fingerprint density at radius 3 is 2.92 bits per heavy atom. The van der Waals surface area contributed by atoms with Gasteiger partial charge in [-0.15, -0.1) is 35.3 Å². The Bertz CT molecular complexity index is 698. The first-order valence-electron chi connectivity index (χ1n) is 8.43. The Morgan fingerprint density at radius 1 is 1.25 bits per heavy atom. The summed E-state index contributed by atoms with van der Waals surface area (Å²) < 4.78 is 0. The zero-order chi connectivity index (χ0) is 15.5. The quantitative estimate of drug-likeness (QED) is 0.699. The third-order valence-corrected chi connectivity index (χ3v) is 5.68. The fraction of sp³-hybridized carbons (Fsp3) is 0.444. The van der Waals surface area contributed by atoms with Crippen LogP contribution in [-0.4, -0.2) is 24.0 Å². The Morgan fingerprint density at radius 2 is 2.12 bits per heavy atom. The molecule has 1 atom stereocenters. The highest BCUT2D eigenvalue weighted by atomic mass is 127. The monoisotopic (exact) mass is 454 g/mol. The number of thiazole rings is 1. The lowest BCUT2D eigenvalue weighted by Crippen LogP contribution is -2.40. The molecule has 4 rings (SSSR count). The topological polar surface area (TPSA) is 49.3 Å². The van der Waals surface area contributed by atoms with Crippen molar-refractivity contribution < 1.29 is 0 Å². The van der Waals surface area contributed by atoms with Gasteiger partial charge in [0.15, 0.2) is 5.96 Å². The van der Waals surface area contributed by atoms with Gasteiger partial charge in [0.2, 0.25) is 0 Å². The first kappa shape index (κ1) is 17.7. The van der Waals surface area contributed by atoms with Crippen LogP contribution in [0.4, 0.5) is 0 Å². The minimum absolute atomic E-state index is 0. The number of nitrogens with one attached hydrogen (secondary N) is 2. The molecule has 2 N–H and O–H groups in total. The molecule has 2 heterocycles. The zero-order valence-electron chi connectivity index (χ0n) is 13.6. The summed E-state index contributed by atoms with van der Waals surface area (Å²) in [6.07, 6.45) is 4.57. The normalized spacial score (nSPS) is 19.5. The van der Waals surface area contributed by atoms with Crippen LogP contribution in [0.25, 0.3) is 0 Å². The molecule has 1 unspecified atom stereocenters. The summed E-state index contributed by atoms with van der Waals surface area (Å²) in [4.78, 5) is 10.8. The van der Waals surface area contributed by atoms with Crippen LogP contribution in [0.1, 0.15) is 39.9 Å². The average molecular weight is 454 g/mol. The number of aryl methyl sites for hydroxylation is 1. The number of aliphatic imine (C=N–C) groups is 1. The number of rotatable bonds is 3. The molecule has 0 fully saturated rings. The van der Waals surface area contributed by atoms with E-state index >= 15 is 0 Å². The van der Waals surface area contributed by atoms with Crippen molar-refractivity contribution in [2.75, 3.05) is 13.1 Å². The third-order valence-electron chi connectivity index (χ3n) is 4.56. The number of hydrogen-bond donors (Lipinski definition) is 2. The lowest BCUT2D eigenvalue weighted by atomic mass is 9.85. The number of halogens is 1. The maximum Gasteiger partial charge on any atom is 0.191 e. The van der Waals surface area contributed by atoms with E-state index in [1.54, 1.807) is 0 Å². The molecular formula is C18H23IN4S. The van der Waals surface area contributed by atoms with Crippen LogP contribution in [0.15, 0.2) is 35.3 Å². The van der Waals surface area contributed by atoms with Crippen LogP contribution in [0.2, 0.25) is 0 Å². The Labute approximate surface area is 164 Å². The van der Waals surface area contributed by atoms with E-state index in [0.29, 0.717) is 5.92 Å². The maximum atomic E-state index is 4.84. The Kier molecular flexibility index (Phi) is 6.10. The molecule has 128 valence electrons. The summed E-state index contributed by atoms with van der Waals surface area (Å²) in [6.45, 7) is 2.71. The van der Waals surface area contributed by atoms with Crippen LogP contribution in [-0.2, 0) is 19.4 Å². The molecule has 0 spiro atoms. The van der Waals surface area contributed by atoms with Gasteiger partial charge in [0.1, 0.15) is 5.01 Å². The number of fused-ring (bicyclic) bond motifs is 1. The Balaban J connectivity index is 0.00000169. The van der Waals surface area contributed by atoms with E-state index in [4.69, 9.17) is 4.98 Å². The van der Waals surface area contributed by atoms with Gasteiger partial charge >= 0.3 is 0 Å². The van der Waals surface area contributed by atoms with Gasteiger partial charge in [0.05, 0.1) is 12.2 Å². The van der Waals surface area contributed by atoms with Gasteiger partial charge < -0.3 is 10.6 Å². The van der Waals surface area contributed by atoms with Gasteiger partial charge in [-0.2, -0.15) is 0 Å². The fourth-order valence-electron chi connectivity index (χ4n) is 3.32. The molecule has 6 heteroatoms. The van der Waals surface area contributed by atoms with Crippen LogP contribution in [0.5, 0.6) is 0 Å². The largest absolute Gasteiger partial charge is 0.356 e. The van der Waals surface area contributed by atoms with Crippen molar-refractivity contribution in [3.8, 4) is 0 Å². The maximum absolute atomic E-state index is 4.84. The summed E-state index contributed by atoms with van der Waals surface area (Å²) in [5.41, 5.74) is 2.78. The van der Waals surface area contributed by atoms with Crippen molar-refractivity contribution in [3.63, 3.8) is 0 Å². The first-order chi connectivity index (χ1) is 11.4. The van der Waals surface area contributed by atoms with Crippen molar-refractivity contribution >= 4 is 41.3 Å². The van der Waals surface area contributed by atoms with Gasteiger partial charge in [0.25, 0.3) is 0 Å². The van der Waals surface area contributed by atoms with E-state index in [-0.39, 0.29) is 24.0 Å². The molecule has 0 radical (unpaired) electrons. The summed E-state index contributed by atoms with van der Waals surface area (Å²) in [5.74, 6) is 1.57. The second-order valence-electron chi connectivity index (χ2n) is 6.19. The highest BCUT2D eigenvalue weighted by Gasteiger charge is 2.23. The standard InChI is InChI=1S/C18H22N4S.HI/c1-2-5-13(6-3-1)14-7-8-15-16(11-14)23-17(22-15)12-21-18-19-9-4-10-20-18;/h1-3,5-6,14H,4,7-12H2,(H2,19,20,21);1H. The van der Waals surface area contributed by atoms with E-state index in [9.17, 15) is 0 Å². The number of guanidine groups is 1. The predicted molar refractivity (Wildman–Crippen MR) is 110 cm³/mol. The fourth-order valence-corrected chi connectivity index (χ4v) is 4.46. The van der Waals surface area contributed by atoms with Crippen molar-refractivity contribution in [3.05, 3.63) is 51.5 Å².